The zero-order valence-corrected chi connectivity index (χ0v) is 79.5. The molecule has 0 saturated heterocycles. The molecule has 5 N–H and O–H groups in total. The van der Waals surface area contributed by atoms with E-state index in [4.69, 9.17) is 72.3 Å². The summed E-state index contributed by atoms with van der Waals surface area (Å²) in [6, 6.07) is 45.6. The summed E-state index contributed by atoms with van der Waals surface area (Å²) in [5, 5.41) is 22.9. The smallest absolute Gasteiger partial charge is 0.311 e. The number of fused-ring (bicyclic) bond motifs is 5. The summed E-state index contributed by atoms with van der Waals surface area (Å²) in [7, 11) is 9.11. The third kappa shape index (κ3) is 28.3. The topological polar surface area (TPSA) is 379 Å². The number of aliphatic hydroxyl groups is 1. The lowest BCUT2D eigenvalue weighted by Gasteiger charge is -2.21. The summed E-state index contributed by atoms with van der Waals surface area (Å²) < 4.78 is 139. The number of H-pyrrole nitrogens is 3. The van der Waals surface area contributed by atoms with E-state index in [2.05, 4.69) is 34.6 Å². The third-order valence-electron chi connectivity index (χ3n) is 19.8. The maximum absolute atomic E-state index is 13.4. The number of halogens is 1. The molecule has 0 aliphatic heterocycles. The molecule has 0 unspecified atom stereocenters. The summed E-state index contributed by atoms with van der Waals surface area (Å²) in [5.41, 5.74) is 6.57. The van der Waals surface area contributed by atoms with E-state index in [0.29, 0.717) is 86.0 Å². The van der Waals surface area contributed by atoms with Crippen molar-refractivity contribution in [3.8, 4) is 46.0 Å². The molecular weight excluding hydrogens is 1770 g/mol. The highest BCUT2D eigenvalue weighted by Gasteiger charge is 2.34. The molecule has 29 nitrogen and oxygen atoms in total. The fourth-order valence-electron chi connectivity index (χ4n) is 12.9. The molecule has 0 radical (unpaired) electrons. The molecule has 8 aromatic carbocycles. The number of carbonyl (C=O) groups excluding carboxylic acids is 3. The number of aldehydes is 1. The molecule has 13 rings (SSSR count). The number of esters is 2. The summed E-state index contributed by atoms with van der Waals surface area (Å²) in [6.45, 7) is 20.9. The number of rotatable bonds is 27. The van der Waals surface area contributed by atoms with E-state index in [1.54, 1.807) is 136 Å². The Morgan fingerprint density at radius 3 is 1.02 bits per heavy atom. The lowest BCUT2D eigenvalue weighted by Crippen LogP contribution is -2.27. The fourth-order valence-corrected chi connectivity index (χ4v) is 17.3. The molecule has 0 spiro atoms. The molecule has 0 saturated carbocycles. The van der Waals surface area contributed by atoms with Crippen LogP contribution in [-0.2, 0) is 88.0 Å². The molecule has 0 aliphatic carbocycles. The summed E-state index contributed by atoms with van der Waals surface area (Å²) in [4.78, 5) is 55.8. The van der Waals surface area contributed by atoms with Crippen LogP contribution >= 0.6 is 10.7 Å². The highest BCUT2D eigenvalue weighted by atomic mass is 35.7. The number of aliphatic carboxylic acids is 1. The Balaban J connectivity index is 0.000000328. The first-order chi connectivity index (χ1) is 59.8. The van der Waals surface area contributed by atoms with Gasteiger partial charge in [0.05, 0.1) is 127 Å². The van der Waals surface area contributed by atoms with Gasteiger partial charge >= 0.3 is 17.9 Å². The van der Waals surface area contributed by atoms with Crippen LogP contribution in [0.3, 0.4) is 0 Å². The van der Waals surface area contributed by atoms with Crippen molar-refractivity contribution in [1.29, 1.82) is 0 Å². The van der Waals surface area contributed by atoms with Gasteiger partial charge in [-0.3, -0.25) is 19.2 Å². The number of aromatic nitrogens is 5. The zero-order chi connectivity index (χ0) is 94.3. The van der Waals surface area contributed by atoms with Gasteiger partial charge < -0.3 is 81.7 Å². The minimum absolute atomic E-state index is 0. The molecular formula is C96H124ClN5O24S3Si. The second-order valence-electron chi connectivity index (χ2n) is 31.7. The van der Waals surface area contributed by atoms with Gasteiger partial charge in [0.25, 0.3) is 35.0 Å². The maximum Gasteiger partial charge on any atom is 0.311 e. The van der Waals surface area contributed by atoms with E-state index < -0.39 is 59.6 Å². The Morgan fingerprint density at radius 1 is 0.408 bits per heavy atom. The highest BCUT2D eigenvalue weighted by molar-refractivity contribution is 8.13. The van der Waals surface area contributed by atoms with Crippen LogP contribution in [0.15, 0.2) is 221 Å². The van der Waals surface area contributed by atoms with Crippen LogP contribution in [0.1, 0.15) is 110 Å². The first-order valence-electron chi connectivity index (χ1n) is 39.4. The van der Waals surface area contributed by atoms with E-state index in [1.807, 2.05) is 94.7 Å². The molecule has 5 aromatic heterocycles. The Bertz CT molecular complexity index is 6340. The number of methoxy groups -OCH3 is 11. The van der Waals surface area contributed by atoms with Gasteiger partial charge in [-0.15, -0.1) is 0 Å². The number of hydrogen-bond acceptors (Lipinski definition) is 23. The van der Waals surface area contributed by atoms with Crippen molar-refractivity contribution in [3.63, 3.8) is 0 Å². The van der Waals surface area contributed by atoms with E-state index >= 15 is 0 Å². The van der Waals surface area contributed by atoms with Crippen molar-refractivity contribution < 1.29 is 111 Å². The van der Waals surface area contributed by atoms with E-state index in [0.717, 1.165) is 72.9 Å². The second-order valence-corrected chi connectivity index (χ2v) is 42.3. The van der Waals surface area contributed by atoms with Crippen LogP contribution in [0.4, 0.5) is 0 Å². The Hall–Kier alpha value is -12.4. The standard InChI is InChI=1S/C22H25NO6S.C21H23NO6S.C15H19NO3.C10H11NO2.C10H9NO2.C8H18O2Si.C7H7ClO3S.3CH4/c1-22(2,21(24)29-5)13-15-14-23(20-11-8-17(28-4)12-19(15)20)30(25,26)18-9-6-16(27-3)7-10-18;1-21(2,20(23)24)12-14-13-22(19-10-7-16(28-4)11-18(14)19)29(25,26)17-8-5-15(27-3)6-9-17;1-15(2,14(17)19-4)8-10-9-16-13-6-5-11(18-3)7-12(10)13;2*1-13-8-2-3-10-9(4-8)7(6-12)5-11-10;1-7(2)8(9-3)10-11(4,5)6;1-11-6-2-4-7(5-3-6)12(8,9)10;;;/h6-12,14H,13H2,1-5H3;5-11,13H,12H2,1-4H3,(H,23,24);5-7,9,16H,8H2,1-4H3;2-5,11-12H,6H2,1H3;2-6,11H,1H3;1-6H3;2-5H,1H3;3*1H4. The largest absolute Gasteiger partial charge is 0.520 e. The Labute approximate surface area is 768 Å². The maximum atomic E-state index is 13.4. The molecule has 5 heterocycles. The number of nitrogens with zero attached hydrogens (tertiary/aromatic N) is 2. The van der Waals surface area contributed by atoms with Gasteiger partial charge in [-0.1, -0.05) is 22.3 Å². The fraction of sp³-hybridized carbons (Fsp3) is 0.333. The van der Waals surface area contributed by atoms with Gasteiger partial charge in [0.1, 0.15) is 46.0 Å². The van der Waals surface area contributed by atoms with Gasteiger partial charge in [0.2, 0.25) is 8.32 Å². The molecule has 706 valence electrons. The molecule has 34 heteroatoms. The highest BCUT2D eigenvalue weighted by Crippen LogP contribution is 2.38. The number of carboxylic acid groups (broad SMARTS) is 1. The van der Waals surface area contributed by atoms with Gasteiger partial charge in [-0.2, -0.15) is 0 Å². The second kappa shape index (κ2) is 47.8. The minimum Gasteiger partial charge on any atom is -0.520 e. The van der Waals surface area contributed by atoms with Crippen LogP contribution < -0.4 is 37.9 Å². The summed E-state index contributed by atoms with van der Waals surface area (Å²) >= 11 is 0. The molecule has 0 aliphatic rings. The van der Waals surface area contributed by atoms with E-state index in [1.165, 1.54) is 105 Å². The van der Waals surface area contributed by atoms with Crippen molar-refractivity contribution in [1.82, 2.24) is 22.9 Å². The van der Waals surface area contributed by atoms with E-state index in [9.17, 15) is 49.5 Å². The lowest BCUT2D eigenvalue weighted by molar-refractivity contribution is -0.151. The van der Waals surface area contributed by atoms with Crippen LogP contribution in [0.25, 0.3) is 54.5 Å². The number of allylic oxidation sites excluding steroid dienone is 1. The number of aromatic amines is 3. The number of nitrogens with one attached hydrogen (secondary N) is 3. The SMILES string of the molecule is C.C.C.COC(=O)C(C)(C)Cc1c[nH]c2ccc(OC)cc12.COC(=O)C(C)(C)Cc1cn(S(=O)(=O)c2ccc(OC)cc2)c2ccc(OC)cc12.COC(O[Si](C)(C)C)=C(C)C.COc1ccc(S(=O)(=O)Cl)cc1.COc1ccc(S(=O)(=O)n2cc(CC(C)(C)C(=O)O)c3cc(OC)ccc32)cc1.COc1ccc2[nH]cc(C=O)c2c1.COc1ccc2[nH]cc(CO)c2c1. The first-order valence-corrected chi connectivity index (χ1v) is 48.0. The van der Waals surface area contributed by atoms with Gasteiger partial charge in [0, 0.05) is 102 Å². The van der Waals surface area contributed by atoms with Crippen LogP contribution in [0.5, 0.6) is 46.0 Å². The molecule has 0 atom stereocenters. The number of aliphatic hydroxyl groups excluding tert-OH is 1. The Kier molecular flexibility index (Phi) is 40.4. The minimum atomic E-state index is -3.89. The average molecular weight is 1890 g/mol. The average Bonchev–Trinajstić information content (AvgIpc) is 1.60. The number of carbonyl (C=O) groups is 4. The predicted molar refractivity (Wildman–Crippen MR) is 514 cm³/mol. The van der Waals surface area contributed by atoms with Crippen molar-refractivity contribution in [3.05, 3.63) is 234 Å². The lowest BCUT2D eigenvalue weighted by atomic mass is 9.86. The van der Waals surface area contributed by atoms with Gasteiger partial charge in [0.15, 0.2) is 6.29 Å². The molecule has 130 heavy (non-hydrogen) atoms. The van der Waals surface area contributed by atoms with Gasteiger partial charge in [-0.05, 0) is 275 Å². The number of ether oxygens (including phenoxy) is 11. The predicted octanol–water partition coefficient (Wildman–Crippen LogP) is 20.0. The summed E-state index contributed by atoms with van der Waals surface area (Å²) in [5.74, 6) is 4.40. The van der Waals surface area contributed by atoms with Crippen LogP contribution in [0, 0.1) is 16.2 Å². The summed E-state index contributed by atoms with van der Waals surface area (Å²) in [6.07, 6.45) is 10.4. The van der Waals surface area contributed by atoms with Gasteiger partial charge in [-0.25, -0.2) is 33.2 Å². The number of hydrogen-bond donors (Lipinski definition) is 5. The van der Waals surface area contributed by atoms with E-state index in [-0.39, 0.29) is 61.9 Å². The quantitative estimate of drug-likeness (QED) is 0.0105. The van der Waals surface area contributed by atoms with Crippen molar-refractivity contribution in [2.45, 2.75) is 138 Å². The Morgan fingerprint density at radius 2 is 0.708 bits per heavy atom. The molecule has 0 amide bonds. The normalized spacial score (nSPS) is 11.2. The van der Waals surface area contributed by atoms with Crippen molar-refractivity contribution in [2.24, 2.45) is 16.2 Å². The van der Waals surface area contributed by atoms with Crippen LogP contribution in [-0.4, -0.2) is 169 Å². The monoisotopic (exact) mass is 1890 g/mol. The van der Waals surface area contributed by atoms with Crippen LogP contribution in [0.2, 0.25) is 19.6 Å². The molecule has 13 aromatic rings. The first kappa shape index (κ1) is 110. The molecule has 0 bridgehead atoms. The van der Waals surface area contributed by atoms with Crippen molar-refractivity contribution >= 4 is 127 Å². The van der Waals surface area contributed by atoms with Crippen molar-refractivity contribution in [2.75, 3.05) is 78.2 Å². The third-order valence-corrected chi connectivity index (χ3v) is 25.3. The number of benzene rings is 8. The zero-order valence-electron chi connectivity index (χ0n) is 75.3. The number of carboxylic acids is 1. The molecule has 0 fully saturated rings.